The number of rotatable bonds is 6. The summed E-state index contributed by atoms with van der Waals surface area (Å²) >= 11 is 12.5. The molecule has 11 heteroatoms. The molecule has 2 aromatic carbocycles. The van der Waals surface area contributed by atoms with E-state index < -0.39 is 12.0 Å². The Morgan fingerprint density at radius 3 is 2.56 bits per heavy atom. The van der Waals surface area contributed by atoms with Gasteiger partial charge in [-0.05, 0) is 24.3 Å². The highest BCUT2D eigenvalue weighted by Crippen LogP contribution is 2.27. The Labute approximate surface area is 205 Å². The van der Waals surface area contributed by atoms with E-state index in [9.17, 15) is 14.7 Å². The number of aromatic nitrogens is 2. The molecule has 1 saturated heterocycles. The predicted octanol–water partition coefficient (Wildman–Crippen LogP) is 3.14. The van der Waals surface area contributed by atoms with Crippen LogP contribution in [-0.4, -0.2) is 57.5 Å². The number of halogens is 2. The molecule has 0 aliphatic carbocycles. The Morgan fingerprint density at radius 2 is 1.88 bits per heavy atom. The maximum atomic E-state index is 12.8. The average Bonchev–Trinajstić information content (AvgIpc) is 2.84. The molecule has 1 fully saturated rings. The van der Waals surface area contributed by atoms with Gasteiger partial charge in [0.2, 0.25) is 0 Å². The van der Waals surface area contributed by atoms with Gasteiger partial charge in [0.25, 0.3) is 5.91 Å². The van der Waals surface area contributed by atoms with Gasteiger partial charge in [-0.3, -0.25) is 9.59 Å². The summed E-state index contributed by atoms with van der Waals surface area (Å²) in [6.07, 6.45) is 1.55. The molecule has 1 unspecified atom stereocenters. The molecule has 1 atom stereocenters. The minimum Gasteiger partial charge on any atom is -0.480 e. The molecule has 176 valence electrons. The minimum atomic E-state index is -0.976. The van der Waals surface area contributed by atoms with E-state index in [-0.39, 0.29) is 18.3 Å². The maximum Gasteiger partial charge on any atom is 0.322 e. The smallest absolute Gasteiger partial charge is 0.322 e. The number of nitrogens with one attached hydrogen (secondary N) is 2. The predicted molar refractivity (Wildman–Crippen MR) is 131 cm³/mol. The first-order chi connectivity index (χ1) is 16.3. The lowest BCUT2D eigenvalue weighted by atomic mass is 10.1. The quantitative estimate of drug-likeness (QED) is 0.405. The highest BCUT2D eigenvalue weighted by atomic mass is 35.5. The van der Waals surface area contributed by atoms with Gasteiger partial charge in [0.05, 0.1) is 11.9 Å². The Bertz CT molecular complexity index is 1200. The number of carbonyl (C=O) groups is 2. The second kappa shape index (κ2) is 10.3. The van der Waals surface area contributed by atoms with Crippen molar-refractivity contribution in [3.8, 4) is 11.3 Å². The SMILES string of the molecule is Nc1ncc(-c2ccc(C(=O)N3CCNC(C(=O)O)C3)cc2)nc1NCc1c(Cl)cccc1Cl. The van der Waals surface area contributed by atoms with Crippen LogP contribution in [0.15, 0.2) is 48.7 Å². The number of nitrogens with zero attached hydrogens (tertiary/aromatic N) is 3. The third kappa shape index (κ3) is 5.22. The van der Waals surface area contributed by atoms with Crippen molar-refractivity contribution < 1.29 is 14.7 Å². The highest BCUT2D eigenvalue weighted by molar-refractivity contribution is 6.36. The standard InChI is InChI=1S/C23H22Cl2N6O3/c24-16-2-1-3-17(25)15(16)10-29-21-20(26)28-11-18(30-21)13-4-6-14(7-5-13)22(32)31-9-8-27-19(12-31)23(33)34/h1-7,11,19,27H,8-10,12H2,(H2,26,28)(H,29,30)(H,33,34). The summed E-state index contributed by atoms with van der Waals surface area (Å²) in [6.45, 7) is 1.30. The van der Waals surface area contributed by atoms with Crippen LogP contribution in [0.2, 0.25) is 10.0 Å². The fourth-order valence-electron chi connectivity index (χ4n) is 3.61. The molecule has 1 aliphatic heterocycles. The number of amides is 1. The van der Waals surface area contributed by atoms with E-state index in [2.05, 4.69) is 20.6 Å². The number of carboxylic acids is 1. The summed E-state index contributed by atoms with van der Waals surface area (Å²) in [6, 6.07) is 11.4. The largest absolute Gasteiger partial charge is 0.480 e. The monoisotopic (exact) mass is 500 g/mol. The van der Waals surface area contributed by atoms with Gasteiger partial charge in [-0.25, -0.2) is 9.97 Å². The number of aliphatic carboxylic acids is 1. The summed E-state index contributed by atoms with van der Waals surface area (Å²) < 4.78 is 0. The average molecular weight is 501 g/mol. The zero-order valence-electron chi connectivity index (χ0n) is 18.0. The Morgan fingerprint density at radius 1 is 1.18 bits per heavy atom. The zero-order chi connectivity index (χ0) is 24.2. The molecular formula is C23H22Cl2N6O3. The minimum absolute atomic E-state index is 0.115. The molecule has 4 rings (SSSR count). The van der Waals surface area contributed by atoms with Crippen molar-refractivity contribution in [3.63, 3.8) is 0 Å². The van der Waals surface area contributed by atoms with Crippen LogP contribution in [0.1, 0.15) is 15.9 Å². The van der Waals surface area contributed by atoms with Crippen LogP contribution >= 0.6 is 23.2 Å². The number of hydrogen-bond acceptors (Lipinski definition) is 7. The van der Waals surface area contributed by atoms with Crippen molar-refractivity contribution >= 4 is 46.7 Å². The number of benzene rings is 2. The van der Waals surface area contributed by atoms with Crippen molar-refractivity contribution in [3.05, 3.63) is 69.8 Å². The maximum absolute atomic E-state index is 12.8. The molecule has 1 amide bonds. The van der Waals surface area contributed by atoms with Gasteiger partial charge in [-0.1, -0.05) is 41.4 Å². The lowest BCUT2D eigenvalue weighted by Gasteiger charge is -2.31. The number of anilines is 2. The van der Waals surface area contributed by atoms with Gasteiger partial charge in [0, 0.05) is 52.9 Å². The molecule has 5 N–H and O–H groups in total. The van der Waals surface area contributed by atoms with Crippen molar-refractivity contribution in [2.75, 3.05) is 30.7 Å². The van der Waals surface area contributed by atoms with Crippen LogP contribution < -0.4 is 16.4 Å². The number of carbonyl (C=O) groups excluding carboxylic acids is 1. The first-order valence-corrected chi connectivity index (χ1v) is 11.2. The Balaban J connectivity index is 1.48. The Kier molecular flexibility index (Phi) is 7.16. The van der Waals surface area contributed by atoms with Gasteiger partial charge >= 0.3 is 5.97 Å². The molecule has 1 aliphatic rings. The van der Waals surface area contributed by atoms with Crippen molar-refractivity contribution in [1.82, 2.24) is 20.2 Å². The molecule has 3 aromatic rings. The van der Waals surface area contributed by atoms with Gasteiger partial charge in [0.1, 0.15) is 6.04 Å². The van der Waals surface area contributed by atoms with Gasteiger partial charge in [-0.2, -0.15) is 0 Å². The van der Waals surface area contributed by atoms with E-state index in [4.69, 9.17) is 28.9 Å². The summed E-state index contributed by atoms with van der Waals surface area (Å²) in [5, 5.41) is 16.3. The van der Waals surface area contributed by atoms with Gasteiger partial charge < -0.3 is 26.4 Å². The van der Waals surface area contributed by atoms with Crippen LogP contribution in [0.5, 0.6) is 0 Å². The zero-order valence-corrected chi connectivity index (χ0v) is 19.5. The lowest BCUT2D eigenvalue weighted by Crippen LogP contribution is -2.55. The van der Waals surface area contributed by atoms with Crippen LogP contribution in [0.3, 0.4) is 0 Å². The third-order valence-electron chi connectivity index (χ3n) is 5.48. The van der Waals surface area contributed by atoms with Crippen molar-refractivity contribution in [1.29, 1.82) is 0 Å². The fraction of sp³-hybridized carbons (Fsp3) is 0.217. The van der Waals surface area contributed by atoms with Crippen molar-refractivity contribution in [2.24, 2.45) is 0 Å². The summed E-state index contributed by atoms with van der Waals surface area (Å²) in [5.41, 5.74) is 8.48. The Hall–Kier alpha value is -3.40. The van der Waals surface area contributed by atoms with E-state index in [1.54, 1.807) is 48.7 Å². The summed E-state index contributed by atoms with van der Waals surface area (Å²) in [7, 11) is 0. The summed E-state index contributed by atoms with van der Waals surface area (Å²) in [4.78, 5) is 34.4. The second-order valence-electron chi connectivity index (χ2n) is 7.72. The fourth-order valence-corrected chi connectivity index (χ4v) is 4.14. The normalized spacial score (nSPS) is 15.7. The topological polar surface area (TPSA) is 133 Å². The van der Waals surface area contributed by atoms with E-state index in [0.717, 1.165) is 11.1 Å². The first kappa shape index (κ1) is 23.7. The third-order valence-corrected chi connectivity index (χ3v) is 6.19. The van der Waals surface area contributed by atoms with E-state index in [1.165, 1.54) is 4.90 Å². The molecule has 0 bridgehead atoms. The first-order valence-electron chi connectivity index (χ1n) is 10.5. The van der Waals surface area contributed by atoms with Crippen LogP contribution in [0.4, 0.5) is 11.6 Å². The number of nitrogen functional groups attached to an aromatic ring is 1. The number of nitrogens with two attached hydrogens (primary N) is 1. The van der Waals surface area contributed by atoms with Crippen LogP contribution in [-0.2, 0) is 11.3 Å². The molecule has 34 heavy (non-hydrogen) atoms. The molecule has 0 radical (unpaired) electrons. The van der Waals surface area contributed by atoms with Gasteiger partial charge in [-0.15, -0.1) is 0 Å². The molecule has 9 nitrogen and oxygen atoms in total. The molecule has 0 saturated carbocycles. The van der Waals surface area contributed by atoms with E-state index in [0.29, 0.717) is 46.8 Å². The molecule has 1 aromatic heterocycles. The molecular weight excluding hydrogens is 479 g/mol. The summed E-state index contributed by atoms with van der Waals surface area (Å²) in [5.74, 6) is -0.586. The number of piperazine rings is 1. The van der Waals surface area contributed by atoms with Crippen LogP contribution in [0.25, 0.3) is 11.3 Å². The van der Waals surface area contributed by atoms with Gasteiger partial charge in [0.15, 0.2) is 11.6 Å². The lowest BCUT2D eigenvalue weighted by molar-refractivity contribution is -0.140. The number of carboxylic acid groups (broad SMARTS) is 1. The molecule has 0 spiro atoms. The van der Waals surface area contributed by atoms with E-state index >= 15 is 0 Å². The van der Waals surface area contributed by atoms with E-state index in [1.807, 2.05) is 0 Å². The second-order valence-corrected chi connectivity index (χ2v) is 8.53. The van der Waals surface area contributed by atoms with Crippen LogP contribution in [0, 0.1) is 0 Å². The highest BCUT2D eigenvalue weighted by Gasteiger charge is 2.28. The number of hydrogen-bond donors (Lipinski definition) is 4. The molecule has 2 heterocycles. The van der Waals surface area contributed by atoms with Crippen molar-refractivity contribution in [2.45, 2.75) is 12.6 Å².